The number of hydrogen-bond acceptors (Lipinski definition) is 1. The van der Waals surface area contributed by atoms with Crippen LogP contribution in [0.25, 0.3) is 6.08 Å². The van der Waals surface area contributed by atoms with Gasteiger partial charge in [0.1, 0.15) is 0 Å². The van der Waals surface area contributed by atoms with E-state index >= 15 is 0 Å². The first-order valence-electron chi connectivity index (χ1n) is 9.83. The molecule has 3 aromatic rings. The predicted octanol–water partition coefficient (Wildman–Crippen LogP) is 5.83. The number of fused-ring (bicyclic) bond motifs is 1. The molecule has 1 heterocycles. The van der Waals surface area contributed by atoms with Crippen LogP contribution in [0.5, 0.6) is 0 Å². The van der Waals surface area contributed by atoms with Gasteiger partial charge in [-0.05, 0) is 60.1 Å². The van der Waals surface area contributed by atoms with E-state index in [1.807, 2.05) is 12.1 Å². The molecule has 0 fully saturated rings. The summed E-state index contributed by atoms with van der Waals surface area (Å²) in [6.07, 6.45) is 5.03. The highest BCUT2D eigenvalue weighted by Gasteiger charge is 2.27. The molecule has 0 spiro atoms. The van der Waals surface area contributed by atoms with Gasteiger partial charge >= 0.3 is 0 Å². The number of allylic oxidation sites excluding steroid dienone is 1. The number of halogens is 1. The minimum absolute atomic E-state index is 0.0174. The van der Waals surface area contributed by atoms with Crippen molar-refractivity contribution in [2.45, 2.75) is 39.0 Å². The van der Waals surface area contributed by atoms with Crippen molar-refractivity contribution in [3.05, 3.63) is 96.9 Å². The summed E-state index contributed by atoms with van der Waals surface area (Å²) in [7, 11) is 0. The summed E-state index contributed by atoms with van der Waals surface area (Å²) >= 11 is 3.50. The third-order valence-corrected chi connectivity index (χ3v) is 5.91. The predicted molar refractivity (Wildman–Crippen MR) is 119 cm³/mol. The fraction of sp³-hybridized carbons (Fsp3) is 0.292. The average Bonchev–Trinajstić information content (AvgIpc) is 3.04. The zero-order valence-corrected chi connectivity index (χ0v) is 17.8. The van der Waals surface area contributed by atoms with Gasteiger partial charge in [-0.1, -0.05) is 71.7 Å². The lowest BCUT2D eigenvalue weighted by Crippen LogP contribution is -2.17. The molecule has 3 nitrogen and oxygen atoms in total. The fourth-order valence-electron chi connectivity index (χ4n) is 4.10. The van der Waals surface area contributed by atoms with Crippen LogP contribution in [0.2, 0.25) is 0 Å². The summed E-state index contributed by atoms with van der Waals surface area (Å²) in [6, 6.07) is 17.3. The molecular formula is C24H25BrN2O. The topological polar surface area (TPSA) is 48.6 Å². The van der Waals surface area contributed by atoms with Crippen molar-refractivity contribution in [2.24, 2.45) is 5.92 Å². The molecular weight excluding hydrogens is 412 g/mol. The number of nitrogens with one attached hydrogen (secondary N) is 2. The molecule has 2 N–H and O–H groups in total. The number of aromatic amines is 2. The molecule has 0 radical (unpaired) electrons. The molecule has 1 aliphatic rings. The van der Waals surface area contributed by atoms with Gasteiger partial charge < -0.3 is 0 Å². The van der Waals surface area contributed by atoms with E-state index in [1.54, 1.807) is 0 Å². The van der Waals surface area contributed by atoms with Crippen LogP contribution in [0.4, 0.5) is 0 Å². The first-order valence-corrected chi connectivity index (χ1v) is 10.6. The lowest BCUT2D eigenvalue weighted by Gasteiger charge is -2.23. The maximum absolute atomic E-state index is 12.4. The maximum atomic E-state index is 12.4. The molecule has 0 saturated carbocycles. The number of rotatable bonds is 5. The zero-order valence-electron chi connectivity index (χ0n) is 16.3. The van der Waals surface area contributed by atoms with Gasteiger partial charge in [0.25, 0.3) is 5.56 Å². The lowest BCUT2D eigenvalue weighted by molar-refractivity contribution is 0.647. The van der Waals surface area contributed by atoms with Gasteiger partial charge in [0.15, 0.2) is 0 Å². The second-order valence-electron chi connectivity index (χ2n) is 8.11. The summed E-state index contributed by atoms with van der Waals surface area (Å²) in [5, 5.41) is 5.83. The quantitative estimate of drug-likeness (QED) is 0.519. The normalized spacial score (nSPS) is 16.1. The third kappa shape index (κ3) is 4.07. The van der Waals surface area contributed by atoms with E-state index in [0.717, 1.165) is 35.0 Å². The average molecular weight is 437 g/mol. The molecule has 0 bridgehead atoms. The van der Waals surface area contributed by atoms with Gasteiger partial charge in [-0.25, -0.2) is 0 Å². The second-order valence-corrected chi connectivity index (χ2v) is 9.02. The van der Waals surface area contributed by atoms with E-state index in [4.69, 9.17) is 0 Å². The molecule has 4 heteroatoms. The summed E-state index contributed by atoms with van der Waals surface area (Å²) in [5.41, 5.74) is 6.96. The van der Waals surface area contributed by atoms with Crippen LogP contribution in [0.15, 0.2) is 63.4 Å². The van der Waals surface area contributed by atoms with E-state index in [1.165, 1.54) is 22.3 Å². The monoisotopic (exact) mass is 436 g/mol. The van der Waals surface area contributed by atoms with Crippen molar-refractivity contribution in [3.63, 3.8) is 0 Å². The summed E-state index contributed by atoms with van der Waals surface area (Å²) < 4.78 is 1.05. The summed E-state index contributed by atoms with van der Waals surface area (Å²) in [5.74, 6) is 0.751. The molecule has 1 atom stereocenters. The second kappa shape index (κ2) is 7.96. The molecule has 144 valence electrons. The Labute approximate surface area is 174 Å². The van der Waals surface area contributed by atoms with Crippen LogP contribution in [0.1, 0.15) is 54.1 Å². The number of hydrogen-bond donors (Lipinski definition) is 2. The Morgan fingerprint density at radius 1 is 1.00 bits per heavy atom. The van der Waals surface area contributed by atoms with Crippen molar-refractivity contribution in [1.82, 2.24) is 10.2 Å². The SMILES string of the molecule is CC(C)Cc1ccc(CC2=Cc3[nH][nH]c(=O)c3C(c3ccc(Br)cc3)C2)cc1. The Morgan fingerprint density at radius 2 is 1.68 bits per heavy atom. The van der Waals surface area contributed by atoms with Gasteiger partial charge in [0.05, 0.1) is 11.3 Å². The van der Waals surface area contributed by atoms with E-state index in [9.17, 15) is 4.79 Å². The van der Waals surface area contributed by atoms with Crippen molar-refractivity contribution in [2.75, 3.05) is 0 Å². The Bertz CT molecular complexity index is 1040. The molecule has 4 rings (SSSR count). The molecule has 0 saturated heterocycles. The van der Waals surface area contributed by atoms with Gasteiger partial charge in [-0.15, -0.1) is 0 Å². The molecule has 2 aromatic carbocycles. The molecule has 1 unspecified atom stereocenters. The number of H-pyrrole nitrogens is 2. The van der Waals surface area contributed by atoms with Gasteiger partial charge in [0, 0.05) is 10.4 Å². The zero-order chi connectivity index (χ0) is 19.7. The van der Waals surface area contributed by atoms with Crippen LogP contribution >= 0.6 is 15.9 Å². The van der Waals surface area contributed by atoms with Crippen LogP contribution in [0.3, 0.4) is 0 Å². The van der Waals surface area contributed by atoms with Gasteiger partial charge in [-0.3, -0.25) is 15.0 Å². The largest absolute Gasteiger partial charge is 0.298 e. The van der Waals surface area contributed by atoms with Crippen molar-refractivity contribution >= 4 is 22.0 Å². The van der Waals surface area contributed by atoms with Gasteiger partial charge in [0.2, 0.25) is 0 Å². The van der Waals surface area contributed by atoms with E-state index in [-0.39, 0.29) is 11.5 Å². The van der Waals surface area contributed by atoms with Crippen LogP contribution in [-0.4, -0.2) is 10.2 Å². The fourth-order valence-corrected chi connectivity index (χ4v) is 4.36. The molecule has 0 aliphatic heterocycles. The van der Waals surface area contributed by atoms with Crippen molar-refractivity contribution < 1.29 is 0 Å². The van der Waals surface area contributed by atoms with Crippen LogP contribution < -0.4 is 5.56 Å². The maximum Gasteiger partial charge on any atom is 0.268 e. The lowest BCUT2D eigenvalue weighted by atomic mass is 9.80. The summed E-state index contributed by atoms with van der Waals surface area (Å²) in [6.45, 7) is 4.50. The first-order chi connectivity index (χ1) is 13.5. The highest BCUT2D eigenvalue weighted by molar-refractivity contribution is 9.10. The highest BCUT2D eigenvalue weighted by atomic mass is 79.9. The smallest absolute Gasteiger partial charge is 0.268 e. The number of aromatic nitrogens is 2. The minimum atomic E-state index is -0.0174. The van der Waals surface area contributed by atoms with E-state index in [2.05, 4.69) is 82.4 Å². The van der Waals surface area contributed by atoms with Crippen LogP contribution in [0, 0.1) is 5.92 Å². The number of benzene rings is 2. The Kier molecular flexibility index (Phi) is 5.40. The molecule has 0 amide bonds. The third-order valence-electron chi connectivity index (χ3n) is 5.38. The van der Waals surface area contributed by atoms with Gasteiger partial charge in [-0.2, -0.15) is 0 Å². The molecule has 1 aliphatic carbocycles. The standard InChI is InChI=1S/C24H25BrN2O/c1-15(2)11-16-3-5-17(6-4-16)12-18-13-21(19-7-9-20(25)10-8-19)23-22(14-18)26-27-24(23)28/h3-10,14-15,21H,11-13H2,1-2H3,(H2,26,27,28). The first kappa shape index (κ1) is 19.0. The Morgan fingerprint density at radius 3 is 2.36 bits per heavy atom. The van der Waals surface area contributed by atoms with E-state index in [0.29, 0.717) is 5.92 Å². The minimum Gasteiger partial charge on any atom is -0.298 e. The van der Waals surface area contributed by atoms with Crippen molar-refractivity contribution in [1.29, 1.82) is 0 Å². The Balaban J connectivity index is 1.61. The highest BCUT2D eigenvalue weighted by Crippen LogP contribution is 2.37. The molecule has 1 aromatic heterocycles. The Hall–Kier alpha value is -2.33. The summed E-state index contributed by atoms with van der Waals surface area (Å²) in [4.78, 5) is 12.4. The van der Waals surface area contributed by atoms with E-state index < -0.39 is 0 Å². The molecule has 28 heavy (non-hydrogen) atoms. The van der Waals surface area contributed by atoms with Crippen molar-refractivity contribution in [3.8, 4) is 0 Å². The van der Waals surface area contributed by atoms with Crippen LogP contribution in [-0.2, 0) is 12.8 Å².